The van der Waals surface area contributed by atoms with Gasteiger partial charge < -0.3 is 10.1 Å². The van der Waals surface area contributed by atoms with Gasteiger partial charge in [-0.25, -0.2) is 0 Å². The van der Waals surface area contributed by atoms with Gasteiger partial charge in [-0.1, -0.05) is 13.0 Å². The Morgan fingerprint density at radius 1 is 1.25 bits per heavy atom. The van der Waals surface area contributed by atoms with Crippen LogP contribution in [-0.4, -0.2) is 16.9 Å². The summed E-state index contributed by atoms with van der Waals surface area (Å²) in [4.78, 5) is 0. The fraction of sp³-hybridized carbons (Fsp3) is 0.438. The largest absolute Gasteiger partial charge is 0.495 e. The van der Waals surface area contributed by atoms with E-state index in [0.29, 0.717) is 0 Å². The van der Waals surface area contributed by atoms with Gasteiger partial charge in [0, 0.05) is 6.54 Å². The molecule has 1 N–H and O–H groups in total. The minimum Gasteiger partial charge on any atom is -0.495 e. The molecule has 20 heavy (non-hydrogen) atoms. The number of nitrogens with zero attached hydrogens (tertiary/aromatic N) is 2. The lowest BCUT2D eigenvalue weighted by atomic mass is 10.2. The van der Waals surface area contributed by atoms with Crippen molar-refractivity contribution in [3.8, 4) is 5.75 Å². The summed E-state index contributed by atoms with van der Waals surface area (Å²) in [5.74, 6) is 0.869. The number of aromatic nitrogens is 2. The zero-order valence-corrected chi connectivity index (χ0v) is 12.7. The predicted molar refractivity (Wildman–Crippen MR) is 82.3 cm³/mol. The first-order chi connectivity index (χ1) is 9.67. The molecule has 1 aromatic heterocycles. The van der Waals surface area contributed by atoms with Crippen LogP contribution in [0.15, 0.2) is 24.3 Å². The van der Waals surface area contributed by atoms with Crippen LogP contribution in [0.25, 0.3) is 0 Å². The van der Waals surface area contributed by atoms with E-state index in [9.17, 15) is 0 Å². The highest BCUT2D eigenvalue weighted by Crippen LogP contribution is 2.25. The van der Waals surface area contributed by atoms with Crippen LogP contribution in [-0.2, 0) is 19.5 Å². The van der Waals surface area contributed by atoms with Gasteiger partial charge in [0.2, 0.25) is 0 Å². The summed E-state index contributed by atoms with van der Waals surface area (Å²) >= 11 is 0. The zero-order valence-electron chi connectivity index (χ0n) is 12.7. The van der Waals surface area contributed by atoms with Gasteiger partial charge in [-0.15, -0.1) is 0 Å². The lowest BCUT2D eigenvalue weighted by Gasteiger charge is -2.12. The van der Waals surface area contributed by atoms with Gasteiger partial charge >= 0.3 is 0 Å². The Labute approximate surface area is 120 Å². The third kappa shape index (κ3) is 3.13. The van der Waals surface area contributed by atoms with E-state index in [1.54, 1.807) is 7.11 Å². The maximum absolute atomic E-state index is 5.39. The Hall–Kier alpha value is -1.97. The Morgan fingerprint density at radius 2 is 2.05 bits per heavy atom. The van der Waals surface area contributed by atoms with E-state index >= 15 is 0 Å². The number of nitrogens with one attached hydrogen (secondary N) is 1. The summed E-state index contributed by atoms with van der Waals surface area (Å²) in [6.45, 7) is 7.96. The highest BCUT2D eigenvalue weighted by molar-refractivity contribution is 5.58. The number of benzene rings is 1. The molecule has 0 atom stereocenters. The molecule has 2 aromatic rings. The molecule has 0 fully saturated rings. The average Bonchev–Trinajstić information content (AvgIpc) is 2.87. The summed E-state index contributed by atoms with van der Waals surface area (Å²) in [6.07, 6.45) is 0.966. The minimum absolute atomic E-state index is 0.751. The minimum atomic E-state index is 0.751. The molecule has 0 aliphatic heterocycles. The molecular weight excluding hydrogens is 250 g/mol. The smallest absolute Gasteiger partial charge is 0.141 e. The van der Waals surface area contributed by atoms with Crippen molar-refractivity contribution in [1.29, 1.82) is 0 Å². The summed E-state index contributed by atoms with van der Waals surface area (Å²) in [6, 6.07) is 8.31. The first-order valence-electron chi connectivity index (χ1n) is 7.12. The maximum Gasteiger partial charge on any atom is 0.141 e. The van der Waals surface area contributed by atoms with E-state index in [4.69, 9.17) is 4.74 Å². The zero-order chi connectivity index (χ0) is 14.5. The molecule has 0 spiro atoms. The Balaban J connectivity index is 2.16. The van der Waals surface area contributed by atoms with E-state index in [-0.39, 0.29) is 0 Å². The number of rotatable bonds is 6. The lowest BCUT2D eigenvalue weighted by molar-refractivity contribution is 0.416. The Morgan fingerprint density at radius 3 is 2.70 bits per heavy atom. The molecule has 108 valence electrons. The van der Waals surface area contributed by atoms with E-state index < -0.39 is 0 Å². The van der Waals surface area contributed by atoms with Gasteiger partial charge in [-0.2, -0.15) is 5.10 Å². The molecule has 0 amide bonds. The molecule has 0 saturated heterocycles. The topological polar surface area (TPSA) is 39.1 Å². The van der Waals surface area contributed by atoms with Crippen molar-refractivity contribution in [2.45, 2.75) is 40.3 Å². The molecule has 1 heterocycles. The van der Waals surface area contributed by atoms with Gasteiger partial charge in [-0.3, -0.25) is 4.68 Å². The molecular formula is C16H23N3O. The molecule has 4 heteroatoms. The maximum atomic E-state index is 5.39. The van der Waals surface area contributed by atoms with Crippen LogP contribution >= 0.6 is 0 Å². The lowest BCUT2D eigenvalue weighted by Crippen LogP contribution is -2.08. The second kappa shape index (κ2) is 6.46. The highest BCUT2D eigenvalue weighted by Gasteiger charge is 2.07. The molecule has 0 bridgehead atoms. The van der Waals surface area contributed by atoms with Crippen LogP contribution in [0.1, 0.15) is 30.8 Å². The number of hydrogen-bond acceptors (Lipinski definition) is 3. The van der Waals surface area contributed by atoms with Crippen LogP contribution in [0, 0.1) is 6.92 Å². The van der Waals surface area contributed by atoms with E-state index in [1.165, 1.54) is 11.3 Å². The summed E-state index contributed by atoms with van der Waals surface area (Å²) < 4.78 is 7.44. The van der Waals surface area contributed by atoms with Gasteiger partial charge in [0.25, 0.3) is 0 Å². The second-order valence-electron chi connectivity index (χ2n) is 4.85. The van der Waals surface area contributed by atoms with E-state index in [1.807, 2.05) is 10.7 Å². The first kappa shape index (κ1) is 14.4. The van der Waals surface area contributed by atoms with Crippen molar-refractivity contribution in [3.63, 3.8) is 0 Å². The fourth-order valence-electron chi connectivity index (χ4n) is 2.25. The summed E-state index contributed by atoms with van der Waals surface area (Å²) in [7, 11) is 1.70. The number of aryl methyl sites for hydroxylation is 3. The van der Waals surface area contributed by atoms with Crippen LogP contribution in [0.4, 0.5) is 5.69 Å². The molecule has 0 unspecified atom stereocenters. The number of hydrogen-bond donors (Lipinski definition) is 1. The predicted octanol–water partition coefficient (Wildman–Crippen LogP) is 3.39. The van der Waals surface area contributed by atoms with Gasteiger partial charge in [0.1, 0.15) is 5.75 Å². The first-order valence-corrected chi connectivity index (χ1v) is 7.12. The molecule has 0 saturated carbocycles. The molecule has 4 nitrogen and oxygen atoms in total. The van der Waals surface area contributed by atoms with Crippen LogP contribution in [0.3, 0.4) is 0 Å². The monoisotopic (exact) mass is 273 g/mol. The van der Waals surface area contributed by atoms with Gasteiger partial charge in [0.05, 0.1) is 30.7 Å². The quantitative estimate of drug-likeness (QED) is 0.876. The van der Waals surface area contributed by atoms with Crippen LogP contribution < -0.4 is 10.1 Å². The number of anilines is 1. The Kier molecular flexibility index (Phi) is 4.66. The van der Waals surface area contributed by atoms with Crippen molar-refractivity contribution in [2.24, 2.45) is 0 Å². The Bertz CT molecular complexity index is 575. The van der Waals surface area contributed by atoms with Crippen molar-refractivity contribution in [2.75, 3.05) is 12.4 Å². The van der Waals surface area contributed by atoms with Crippen molar-refractivity contribution in [1.82, 2.24) is 9.78 Å². The number of methoxy groups -OCH3 is 1. The van der Waals surface area contributed by atoms with Gasteiger partial charge in [0.15, 0.2) is 0 Å². The van der Waals surface area contributed by atoms with E-state index in [0.717, 1.165) is 36.6 Å². The van der Waals surface area contributed by atoms with Crippen molar-refractivity contribution < 1.29 is 4.74 Å². The fourth-order valence-corrected chi connectivity index (χ4v) is 2.25. The molecule has 1 aromatic carbocycles. The van der Waals surface area contributed by atoms with Crippen LogP contribution in [0.5, 0.6) is 5.75 Å². The third-order valence-electron chi connectivity index (χ3n) is 3.39. The van der Waals surface area contributed by atoms with Gasteiger partial charge in [-0.05, 0) is 44.0 Å². The van der Waals surface area contributed by atoms with Crippen molar-refractivity contribution >= 4 is 5.69 Å². The SMILES string of the molecule is CCc1cc(CNc2cc(C)ccc2OC)n(CC)n1. The number of ether oxygens (including phenoxy) is 1. The third-order valence-corrected chi connectivity index (χ3v) is 3.39. The molecule has 0 aliphatic rings. The van der Waals surface area contributed by atoms with E-state index in [2.05, 4.69) is 49.4 Å². The molecule has 0 radical (unpaired) electrons. The standard InChI is InChI=1S/C16H23N3O/c1-5-13-10-14(19(6-2)18-13)11-17-15-9-12(3)7-8-16(15)20-4/h7-10,17H,5-6,11H2,1-4H3. The second-order valence-corrected chi connectivity index (χ2v) is 4.85. The molecule has 0 aliphatic carbocycles. The summed E-state index contributed by atoms with van der Waals surface area (Å²) in [5.41, 5.74) is 4.58. The normalized spacial score (nSPS) is 10.6. The highest BCUT2D eigenvalue weighted by atomic mass is 16.5. The molecule has 2 rings (SSSR count). The average molecular weight is 273 g/mol. The van der Waals surface area contributed by atoms with Crippen LogP contribution in [0.2, 0.25) is 0 Å². The van der Waals surface area contributed by atoms with Crippen molar-refractivity contribution in [3.05, 3.63) is 41.2 Å². The summed E-state index contributed by atoms with van der Waals surface area (Å²) in [5, 5.41) is 8.01.